The van der Waals surface area contributed by atoms with Crippen LogP contribution in [0.1, 0.15) is 32.6 Å². The molecule has 0 bridgehead atoms. The highest BCUT2D eigenvalue weighted by atomic mass is 16.1. The van der Waals surface area contributed by atoms with Crippen LogP contribution in [0.15, 0.2) is 30.3 Å². The number of benzene rings is 1. The van der Waals surface area contributed by atoms with Gasteiger partial charge in [0.15, 0.2) is 0 Å². The molecule has 1 aromatic rings. The van der Waals surface area contributed by atoms with Crippen LogP contribution in [0.25, 0.3) is 0 Å². The summed E-state index contributed by atoms with van der Waals surface area (Å²) < 4.78 is 0. The second kappa shape index (κ2) is 5.14. The fraction of sp³-hybridized carbons (Fsp3) is 0.500. The van der Waals surface area contributed by atoms with E-state index in [4.69, 9.17) is 0 Å². The summed E-state index contributed by atoms with van der Waals surface area (Å²) in [5.41, 5.74) is -0.713. The molecule has 4 nitrogen and oxygen atoms in total. The summed E-state index contributed by atoms with van der Waals surface area (Å²) in [6.07, 6.45) is 3.82. The number of nitrogens with zero attached hydrogens (tertiary/aromatic N) is 3. The van der Waals surface area contributed by atoms with Crippen molar-refractivity contribution in [1.82, 2.24) is 0 Å². The Morgan fingerprint density at radius 3 is 2.55 bits per heavy atom. The Hall–Kier alpha value is -2.33. The number of carbonyl (C=O) groups excluding carboxylic acids is 1. The molecule has 0 N–H and O–H groups in total. The number of anilines is 1. The van der Waals surface area contributed by atoms with Gasteiger partial charge < -0.3 is 9.69 Å². The zero-order valence-corrected chi connectivity index (χ0v) is 12.7. The molecule has 112 valence electrons. The topological polar surface area (TPSA) is 67.7 Å². The minimum atomic E-state index is -1.04. The van der Waals surface area contributed by atoms with E-state index in [2.05, 4.69) is 24.0 Å². The van der Waals surface area contributed by atoms with Gasteiger partial charge in [0.1, 0.15) is 17.2 Å². The summed E-state index contributed by atoms with van der Waals surface area (Å²) in [7, 11) is 0. The summed E-state index contributed by atoms with van der Waals surface area (Å²) in [6.45, 7) is 2.07. The lowest BCUT2D eigenvalue weighted by Crippen LogP contribution is -2.41. The highest BCUT2D eigenvalue weighted by Crippen LogP contribution is 2.60. The second-order valence-electron chi connectivity index (χ2n) is 6.42. The van der Waals surface area contributed by atoms with Gasteiger partial charge in [0.05, 0.1) is 18.2 Å². The van der Waals surface area contributed by atoms with Gasteiger partial charge in [-0.2, -0.15) is 10.5 Å². The number of nitriles is 2. The van der Waals surface area contributed by atoms with E-state index in [0.717, 1.165) is 31.2 Å². The standard InChI is InChI=1S/C18H19N3O/c1-2-6-14-9-16-18(13-22,10-17(14,11-19)12-20)21(16)15-7-4-3-5-8-15/h3-5,7-8,13-14,16H,2,6,9-10H2,1H3/t14-,16+,18+,21?/m1/s1. The third kappa shape index (κ3) is 1.84. The number of fused-ring (bicyclic) bond motifs is 1. The Kier molecular flexibility index (Phi) is 3.41. The lowest BCUT2D eigenvalue weighted by atomic mass is 9.63. The second-order valence-corrected chi connectivity index (χ2v) is 6.42. The van der Waals surface area contributed by atoms with Crippen molar-refractivity contribution < 1.29 is 4.79 Å². The number of hydrogen-bond donors (Lipinski definition) is 0. The van der Waals surface area contributed by atoms with E-state index in [1.165, 1.54) is 0 Å². The number of aldehydes is 1. The predicted octanol–water partition coefficient (Wildman–Crippen LogP) is 3.06. The Morgan fingerprint density at radius 1 is 1.32 bits per heavy atom. The molecule has 22 heavy (non-hydrogen) atoms. The average Bonchev–Trinajstić information content (AvgIpc) is 3.22. The molecule has 1 aromatic carbocycles. The molecule has 1 heterocycles. The Morgan fingerprint density at radius 2 is 2.00 bits per heavy atom. The summed E-state index contributed by atoms with van der Waals surface area (Å²) in [6, 6.07) is 14.4. The van der Waals surface area contributed by atoms with Gasteiger partial charge in [-0.15, -0.1) is 0 Å². The van der Waals surface area contributed by atoms with Crippen molar-refractivity contribution in [2.24, 2.45) is 11.3 Å². The first-order valence-electron chi connectivity index (χ1n) is 7.80. The summed E-state index contributed by atoms with van der Waals surface area (Å²) in [4.78, 5) is 13.9. The molecule has 0 spiro atoms. The van der Waals surface area contributed by atoms with E-state index < -0.39 is 11.0 Å². The molecule has 1 saturated carbocycles. The zero-order valence-electron chi connectivity index (χ0n) is 12.7. The van der Waals surface area contributed by atoms with E-state index in [1.54, 1.807) is 0 Å². The van der Waals surface area contributed by atoms with Gasteiger partial charge in [0.25, 0.3) is 0 Å². The minimum Gasteiger partial charge on any atom is -0.351 e. The van der Waals surface area contributed by atoms with E-state index in [0.29, 0.717) is 6.42 Å². The summed E-state index contributed by atoms with van der Waals surface area (Å²) in [5, 5.41) is 19.3. The van der Waals surface area contributed by atoms with Crippen molar-refractivity contribution in [3.63, 3.8) is 0 Å². The molecule has 1 aliphatic heterocycles. The fourth-order valence-electron chi connectivity index (χ4n) is 4.17. The van der Waals surface area contributed by atoms with E-state index in [-0.39, 0.29) is 12.0 Å². The number of para-hydroxylation sites is 1. The van der Waals surface area contributed by atoms with Crippen molar-refractivity contribution in [3.05, 3.63) is 30.3 Å². The Labute approximate surface area is 131 Å². The van der Waals surface area contributed by atoms with Gasteiger partial charge in [-0.25, -0.2) is 0 Å². The van der Waals surface area contributed by atoms with Crippen molar-refractivity contribution in [3.8, 4) is 12.1 Å². The zero-order chi connectivity index (χ0) is 15.8. The van der Waals surface area contributed by atoms with Crippen LogP contribution in [0, 0.1) is 34.0 Å². The first-order valence-corrected chi connectivity index (χ1v) is 7.80. The van der Waals surface area contributed by atoms with Gasteiger partial charge >= 0.3 is 0 Å². The minimum absolute atomic E-state index is 0.0410. The van der Waals surface area contributed by atoms with Gasteiger partial charge in [-0.3, -0.25) is 0 Å². The van der Waals surface area contributed by atoms with E-state index in [9.17, 15) is 15.3 Å². The maximum absolute atomic E-state index is 11.8. The molecular weight excluding hydrogens is 274 g/mol. The van der Waals surface area contributed by atoms with Crippen molar-refractivity contribution >= 4 is 12.0 Å². The number of rotatable bonds is 4. The predicted molar refractivity (Wildman–Crippen MR) is 82.8 cm³/mol. The third-order valence-corrected chi connectivity index (χ3v) is 5.31. The third-order valence-electron chi connectivity index (χ3n) is 5.31. The molecular formula is C18H19N3O. The van der Waals surface area contributed by atoms with Crippen molar-refractivity contribution in [1.29, 1.82) is 10.5 Å². The lowest BCUT2D eigenvalue weighted by Gasteiger charge is -2.34. The number of hydrogen-bond acceptors (Lipinski definition) is 4. The van der Waals surface area contributed by atoms with E-state index in [1.807, 2.05) is 30.3 Å². The van der Waals surface area contributed by atoms with Crippen LogP contribution in [-0.4, -0.2) is 17.9 Å². The molecule has 0 amide bonds. The maximum atomic E-state index is 11.8. The van der Waals surface area contributed by atoms with Crippen LogP contribution in [0.4, 0.5) is 5.69 Å². The van der Waals surface area contributed by atoms with Crippen molar-refractivity contribution in [2.45, 2.75) is 44.2 Å². The highest BCUT2D eigenvalue weighted by molar-refractivity contribution is 5.85. The van der Waals surface area contributed by atoms with E-state index >= 15 is 0 Å². The van der Waals surface area contributed by atoms with Gasteiger partial charge in [0, 0.05) is 12.1 Å². The molecule has 0 radical (unpaired) electrons. The largest absolute Gasteiger partial charge is 0.351 e. The smallest absolute Gasteiger partial charge is 0.149 e. The van der Waals surface area contributed by atoms with Crippen LogP contribution >= 0.6 is 0 Å². The monoisotopic (exact) mass is 293 g/mol. The quantitative estimate of drug-likeness (QED) is 0.632. The summed E-state index contributed by atoms with van der Waals surface area (Å²) in [5.74, 6) is 0.0410. The molecule has 3 rings (SSSR count). The molecule has 2 fully saturated rings. The molecule has 1 aliphatic carbocycles. The van der Waals surface area contributed by atoms with Crippen molar-refractivity contribution in [2.75, 3.05) is 4.90 Å². The normalized spacial score (nSPS) is 31.5. The molecule has 0 aromatic heterocycles. The van der Waals surface area contributed by atoms with Gasteiger partial charge in [-0.05, 0) is 30.9 Å². The molecule has 4 heteroatoms. The average molecular weight is 293 g/mol. The lowest BCUT2D eigenvalue weighted by molar-refractivity contribution is -0.110. The van der Waals surface area contributed by atoms with Crippen LogP contribution in [0.2, 0.25) is 0 Å². The molecule has 3 atom stereocenters. The number of carbonyl (C=O) groups is 1. The van der Waals surface area contributed by atoms with Crippen LogP contribution in [0.3, 0.4) is 0 Å². The Balaban J connectivity index is 1.98. The van der Waals surface area contributed by atoms with Crippen LogP contribution in [0.5, 0.6) is 0 Å². The molecule has 0 unspecified atom stereocenters. The maximum Gasteiger partial charge on any atom is 0.149 e. The fourth-order valence-corrected chi connectivity index (χ4v) is 4.17. The van der Waals surface area contributed by atoms with Gasteiger partial charge in [-0.1, -0.05) is 31.5 Å². The first-order chi connectivity index (χ1) is 10.7. The van der Waals surface area contributed by atoms with Gasteiger partial charge in [0.2, 0.25) is 0 Å². The van der Waals surface area contributed by atoms with Crippen LogP contribution < -0.4 is 4.90 Å². The molecule has 2 aliphatic rings. The van der Waals surface area contributed by atoms with Crippen LogP contribution in [-0.2, 0) is 4.79 Å². The first kappa shape index (κ1) is 14.6. The Bertz CT molecular complexity index is 643. The SMILES string of the molecule is CCC[C@@H]1C[C@@H]2N(c3ccccc3)[C@]2(C=O)CC1(C#N)C#N. The molecule has 1 saturated heterocycles. The highest BCUT2D eigenvalue weighted by Gasteiger charge is 2.70. The summed E-state index contributed by atoms with van der Waals surface area (Å²) >= 11 is 0.